The average Bonchev–Trinajstić information content (AvgIpc) is 3.13. The average molecular weight is 369 g/mol. The van der Waals surface area contributed by atoms with Crippen LogP contribution in [-0.4, -0.2) is 44.2 Å². The van der Waals surface area contributed by atoms with E-state index in [2.05, 4.69) is 10.6 Å². The predicted molar refractivity (Wildman–Crippen MR) is 103 cm³/mol. The number of rotatable bonds is 5. The Morgan fingerprint density at radius 1 is 1.15 bits per heavy atom. The van der Waals surface area contributed by atoms with E-state index in [4.69, 9.17) is 4.74 Å². The van der Waals surface area contributed by atoms with Gasteiger partial charge in [0.2, 0.25) is 0 Å². The molecule has 0 saturated carbocycles. The number of anilines is 2. The van der Waals surface area contributed by atoms with Gasteiger partial charge in [0, 0.05) is 38.4 Å². The van der Waals surface area contributed by atoms with Crippen LogP contribution in [0.15, 0.2) is 42.5 Å². The molecule has 0 bridgehead atoms. The van der Waals surface area contributed by atoms with Crippen molar-refractivity contribution in [3.05, 3.63) is 53.6 Å². The van der Waals surface area contributed by atoms with Gasteiger partial charge in [-0.25, -0.2) is 0 Å². The molecule has 2 aromatic rings. The van der Waals surface area contributed by atoms with Crippen LogP contribution in [0.5, 0.6) is 5.75 Å². The quantitative estimate of drug-likeness (QED) is 0.695. The van der Waals surface area contributed by atoms with Crippen LogP contribution >= 0.6 is 0 Å². The number of fused-ring (bicyclic) bond motifs is 1. The molecule has 27 heavy (non-hydrogen) atoms. The molecule has 0 radical (unpaired) electrons. The smallest absolute Gasteiger partial charge is 0.313 e. The fourth-order valence-corrected chi connectivity index (χ4v) is 2.83. The molecule has 1 aliphatic heterocycles. The molecule has 142 valence electrons. The number of ether oxygens (including phenoxy) is 1. The van der Waals surface area contributed by atoms with Crippen LogP contribution in [0.4, 0.5) is 11.4 Å². The zero-order valence-electron chi connectivity index (χ0n) is 15.4. The Hall–Kier alpha value is -3.06. The third-order valence-electron chi connectivity index (χ3n) is 4.40. The first-order valence-corrected chi connectivity index (χ1v) is 8.74. The molecule has 0 fully saturated rings. The number of benzene rings is 2. The summed E-state index contributed by atoms with van der Waals surface area (Å²) in [4.78, 5) is 25.9. The Labute approximate surface area is 157 Å². The Balaban J connectivity index is 1.51. The molecule has 0 aliphatic carbocycles. The van der Waals surface area contributed by atoms with E-state index in [1.54, 1.807) is 18.2 Å². The number of carbonyl (C=O) groups excluding carboxylic acids is 2. The molecule has 1 aliphatic rings. The summed E-state index contributed by atoms with van der Waals surface area (Å²) in [6.45, 7) is 0.590. The second-order valence-corrected chi connectivity index (χ2v) is 6.59. The van der Waals surface area contributed by atoms with Crippen LogP contribution in [0.3, 0.4) is 0 Å². The molecule has 2 aromatic carbocycles. The molecular weight excluding hydrogens is 346 g/mol. The van der Waals surface area contributed by atoms with Crippen molar-refractivity contribution >= 4 is 23.2 Å². The van der Waals surface area contributed by atoms with Gasteiger partial charge in [-0.3, -0.25) is 9.59 Å². The van der Waals surface area contributed by atoms with E-state index in [9.17, 15) is 14.7 Å². The van der Waals surface area contributed by atoms with Crippen molar-refractivity contribution in [1.82, 2.24) is 5.32 Å². The molecule has 1 atom stereocenters. The third-order valence-corrected chi connectivity index (χ3v) is 4.40. The molecule has 2 amide bonds. The van der Waals surface area contributed by atoms with Crippen molar-refractivity contribution in [2.75, 3.05) is 37.5 Å². The van der Waals surface area contributed by atoms with Gasteiger partial charge in [0.25, 0.3) is 0 Å². The highest BCUT2D eigenvalue weighted by atomic mass is 16.5. The van der Waals surface area contributed by atoms with Crippen molar-refractivity contribution in [1.29, 1.82) is 0 Å². The van der Waals surface area contributed by atoms with E-state index in [0.717, 1.165) is 23.4 Å². The number of hydrogen-bond donors (Lipinski definition) is 3. The summed E-state index contributed by atoms with van der Waals surface area (Å²) >= 11 is 0. The molecule has 0 spiro atoms. The van der Waals surface area contributed by atoms with Gasteiger partial charge >= 0.3 is 11.8 Å². The van der Waals surface area contributed by atoms with Gasteiger partial charge in [-0.15, -0.1) is 0 Å². The number of aliphatic hydroxyl groups excluding tert-OH is 1. The van der Waals surface area contributed by atoms with Crippen LogP contribution in [0.25, 0.3) is 0 Å². The maximum atomic E-state index is 12.0. The lowest BCUT2D eigenvalue weighted by atomic mass is 10.0. The minimum absolute atomic E-state index is 0.0501. The van der Waals surface area contributed by atoms with E-state index in [1.165, 1.54) is 0 Å². The molecule has 0 aromatic heterocycles. The van der Waals surface area contributed by atoms with Crippen LogP contribution < -0.4 is 20.3 Å². The second kappa shape index (κ2) is 8.09. The molecule has 3 rings (SSSR count). The highest BCUT2D eigenvalue weighted by Gasteiger charge is 2.18. The van der Waals surface area contributed by atoms with Gasteiger partial charge in [-0.1, -0.05) is 6.07 Å². The Bertz CT molecular complexity index is 834. The van der Waals surface area contributed by atoms with Crippen LogP contribution in [0.2, 0.25) is 0 Å². The van der Waals surface area contributed by atoms with Gasteiger partial charge in [-0.05, 0) is 47.5 Å². The van der Waals surface area contributed by atoms with E-state index < -0.39 is 17.9 Å². The zero-order valence-corrected chi connectivity index (χ0v) is 15.4. The van der Waals surface area contributed by atoms with Gasteiger partial charge in [-0.2, -0.15) is 0 Å². The molecule has 7 nitrogen and oxygen atoms in total. The molecule has 0 saturated heterocycles. The Morgan fingerprint density at radius 3 is 2.59 bits per heavy atom. The highest BCUT2D eigenvalue weighted by molar-refractivity contribution is 6.39. The summed E-state index contributed by atoms with van der Waals surface area (Å²) in [6.07, 6.45) is -0.0934. The molecule has 7 heteroatoms. The number of nitrogens with one attached hydrogen (secondary N) is 2. The van der Waals surface area contributed by atoms with Gasteiger partial charge in [0.15, 0.2) is 0 Å². The number of aliphatic hydroxyl groups is 1. The van der Waals surface area contributed by atoms with Gasteiger partial charge in [0.1, 0.15) is 5.75 Å². The summed E-state index contributed by atoms with van der Waals surface area (Å²) < 4.78 is 5.43. The van der Waals surface area contributed by atoms with Gasteiger partial charge in [0.05, 0.1) is 12.7 Å². The minimum Gasteiger partial charge on any atom is -0.493 e. The van der Waals surface area contributed by atoms with Crippen molar-refractivity contribution in [2.24, 2.45) is 0 Å². The lowest BCUT2D eigenvalue weighted by molar-refractivity contribution is -0.136. The van der Waals surface area contributed by atoms with Crippen LogP contribution in [-0.2, 0) is 16.0 Å². The summed E-state index contributed by atoms with van der Waals surface area (Å²) in [5.74, 6) is -0.743. The van der Waals surface area contributed by atoms with E-state index in [1.807, 2.05) is 43.3 Å². The normalized spacial score (nSPS) is 13.3. The number of carbonyl (C=O) groups is 2. The van der Waals surface area contributed by atoms with Crippen LogP contribution in [0.1, 0.15) is 17.2 Å². The summed E-state index contributed by atoms with van der Waals surface area (Å²) in [6, 6.07) is 12.6. The first kappa shape index (κ1) is 18.7. The highest BCUT2D eigenvalue weighted by Crippen LogP contribution is 2.28. The minimum atomic E-state index is -0.896. The molecular formula is C20H23N3O4. The summed E-state index contributed by atoms with van der Waals surface area (Å²) in [5, 5.41) is 15.3. The molecule has 1 heterocycles. The van der Waals surface area contributed by atoms with E-state index in [0.29, 0.717) is 17.9 Å². The van der Waals surface area contributed by atoms with Crippen molar-refractivity contribution < 1.29 is 19.4 Å². The van der Waals surface area contributed by atoms with Crippen molar-refractivity contribution in [3.8, 4) is 5.75 Å². The number of hydrogen-bond acceptors (Lipinski definition) is 5. The first-order chi connectivity index (χ1) is 12.9. The number of nitrogens with zero attached hydrogens (tertiary/aromatic N) is 1. The largest absolute Gasteiger partial charge is 0.493 e. The topological polar surface area (TPSA) is 90.9 Å². The lowest BCUT2D eigenvalue weighted by Crippen LogP contribution is -2.37. The van der Waals surface area contributed by atoms with Crippen molar-refractivity contribution in [2.45, 2.75) is 12.5 Å². The SMILES string of the molecule is CN(C)c1ccc(NC(=O)C(=O)NCC(O)c2ccc3c(c2)CCO3)cc1. The Kier molecular flexibility index (Phi) is 5.61. The predicted octanol–water partition coefficient (Wildman–Crippen LogP) is 1.48. The summed E-state index contributed by atoms with van der Waals surface area (Å²) in [7, 11) is 3.83. The van der Waals surface area contributed by atoms with E-state index >= 15 is 0 Å². The second-order valence-electron chi connectivity index (χ2n) is 6.59. The van der Waals surface area contributed by atoms with Gasteiger partial charge < -0.3 is 25.4 Å². The first-order valence-electron chi connectivity index (χ1n) is 8.74. The molecule has 3 N–H and O–H groups in total. The summed E-state index contributed by atoms with van der Waals surface area (Å²) in [5.41, 5.74) is 3.23. The van der Waals surface area contributed by atoms with Crippen LogP contribution in [0, 0.1) is 0 Å². The third kappa shape index (κ3) is 4.57. The zero-order chi connectivity index (χ0) is 19.4. The Morgan fingerprint density at radius 2 is 1.89 bits per heavy atom. The fourth-order valence-electron chi connectivity index (χ4n) is 2.83. The van der Waals surface area contributed by atoms with Crippen molar-refractivity contribution in [3.63, 3.8) is 0 Å². The number of amides is 2. The van der Waals surface area contributed by atoms with E-state index in [-0.39, 0.29) is 6.54 Å². The maximum absolute atomic E-state index is 12.0. The maximum Gasteiger partial charge on any atom is 0.313 e. The standard InChI is InChI=1S/C20H23N3O4/c1-23(2)16-6-4-15(5-7-16)22-20(26)19(25)21-12-17(24)13-3-8-18-14(11-13)9-10-27-18/h3-8,11,17,24H,9-10,12H2,1-2H3,(H,21,25)(H,22,26). The lowest BCUT2D eigenvalue weighted by Gasteiger charge is -2.14. The monoisotopic (exact) mass is 369 g/mol. The molecule has 1 unspecified atom stereocenters. The fraction of sp³-hybridized carbons (Fsp3) is 0.300.